The number of nitrogens with zero attached hydrogens (tertiary/aromatic N) is 1. The maximum atomic E-state index is 12.4. The molecular weight excluding hydrogens is 382 g/mol. The predicted molar refractivity (Wildman–Crippen MR) is 92.7 cm³/mol. The van der Waals surface area contributed by atoms with Gasteiger partial charge >= 0.3 is 11.9 Å². The normalized spacial score (nSPS) is 23.0. The summed E-state index contributed by atoms with van der Waals surface area (Å²) in [5, 5.41) is 13.2. The standard InChI is InChI=1S/C15H15N3O6S2/c1-6(19)24-7-5-26-14-10(13(21)18(14)11(7)15(22)23)17-12(20)9(16)8-3-2-4-25-8/h2-4,9-10,14H,5,16H2,1H3,(H,17,20)(H,22,23)/t9?,10?,14-/m1/s1. The molecule has 0 aromatic carbocycles. The van der Waals surface area contributed by atoms with E-state index in [9.17, 15) is 24.3 Å². The topological polar surface area (TPSA) is 139 Å². The van der Waals surface area contributed by atoms with Crippen LogP contribution in [0.2, 0.25) is 0 Å². The first-order chi connectivity index (χ1) is 12.3. The molecule has 0 aliphatic carbocycles. The first kappa shape index (κ1) is 18.4. The molecule has 11 heteroatoms. The van der Waals surface area contributed by atoms with Gasteiger partial charge in [-0.2, -0.15) is 0 Å². The van der Waals surface area contributed by atoms with E-state index < -0.39 is 41.2 Å². The number of nitrogens with one attached hydrogen (secondary N) is 1. The van der Waals surface area contributed by atoms with Gasteiger partial charge in [0.05, 0.1) is 5.75 Å². The number of carbonyl (C=O) groups is 4. The molecule has 26 heavy (non-hydrogen) atoms. The molecule has 0 saturated carbocycles. The molecule has 138 valence electrons. The Labute approximate surface area is 156 Å². The van der Waals surface area contributed by atoms with Crippen molar-refractivity contribution in [3.05, 3.63) is 33.8 Å². The second-order valence-electron chi connectivity index (χ2n) is 5.56. The second-order valence-corrected chi connectivity index (χ2v) is 7.64. The molecular formula is C15H15N3O6S2. The number of hydrogen-bond donors (Lipinski definition) is 3. The molecule has 3 heterocycles. The molecule has 1 fully saturated rings. The van der Waals surface area contributed by atoms with E-state index in [-0.39, 0.29) is 17.2 Å². The number of thioether (sulfide) groups is 1. The van der Waals surface area contributed by atoms with Crippen molar-refractivity contribution >= 4 is 46.9 Å². The van der Waals surface area contributed by atoms with Crippen molar-refractivity contribution < 1.29 is 29.0 Å². The van der Waals surface area contributed by atoms with Crippen molar-refractivity contribution in [1.29, 1.82) is 0 Å². The SMILES string of the molecule is CC(=O)OC1=C(C(=O)O)N2C(=O)C(NC(=O)C(N)c3cccs3)[C@H]2SC1. The van der Waals surface area contributed by atoms with Gasteiger partial charge in [-0.1, -0.05) is 6.07 Å². The smallest absolute Gasteiger partial charge is 0.356 e. The molecule has 0 bridgehead atoms. The van der Waals surface area contributed by atoms with Crippen molar-refractivity contribution in [1.82, 2.24) is 10.2 Å². The van der Waals surface area contributed by atoms with E-state index in [2.05, 4.69) is 5.32 Å². The molecule has 0 spiro atoms. The molecule has 1 aromatic rings. The predicted octanol–water partition coefficient (Wildman–Crippen LogP) is 0.00710. The van der Waals surface area contributed by atoms with Gasteiger partial charge in [-0.15, -0.1) is 23.1 Å². The minimum Gasteiger partial charge on any atom is -0.476 e. The number of nitrogens with two attached hydrogens (primary N) is 1. The fourth-order valence-electron chi connectivity index (χ4n) is 2.68. The number of thiophene rings is 1. The van der Waals surface area contributed by atoms with Gasteiger partial charge in [-0.25, -0.2) is 4.79 Å². The monoisotopic (exact) mass is 397 g/mol. The Balaban J connectivity index is 1.75. The summed E-state index contributed by atoms with van der Waals surface area (Å²) < 4.78 is 4.91. The minimum absolute atomic E-state index is 0.0836. The summed E-state index contributed by atoms with van der Waals surface area (Å²) in [6.07, 6.45) is 0. The molecule has 2 aliphatic rings. The molecule has 2 aliphatic heterocycles. The van der Waals surface area contributed by atoms with Crippen LogP contribution in [0, 0.1) is 0 Å². The zero-order valence-corrected chi connectivity index (χ0v) is 15.1. The van der Waals surface area contributed by atoms with Crippen LogP contribution in [0.15, 0.2) is 29.0 Å². The lowest BCUT2D eigenvalue weighted by Crippen LogP contribution is -2.71. The molecule has 1 aromatic heterocycles. The molecule has 4 N–H and O–H groups in total. The van der Waals surface area contributed by atoms with Crippen LogP contribution in [0.3, 0.4) is 0 Å². The average Bonchev–Trinajstić information content (AvgIpc) is 3.12. The number of carboxylic acids is 1. The lowest BCUT2D eigenvalue weighted by molar-refractivity contribution is -0.152. The number of carboxylic acid groups (broad SMARTS) is 1. The van der Waals surface area contributed by atoms with Crippen molar-refractivity contribution in [2.45, 2.75) is 24.4 Å². The molecule has 2 amide bonds. The third-order valence-corrected chi connectivity index (χ3v) is 6.04. The van der Waals surface area contributed by atoms with Crippen LogP contribution in [0.25, 0.3) is 0 Å². The number of hydrogen-bond acceptors (Lipinski definition) is 8. The summed E-state index contributed by atoms with van der Waals surface area (Å²) in [5.74, 6) is -3.13. The number of esters is 1. The Morgan fingerprint density at radius 2 is 2.19 bits per heavy atom. The lowest BCUT2D eigenvalue weighted by Gasteiger charge is -2.49. The third kappa shape index (κ3) is 3.20. The van der Waals surface area contributed by atoms with Crippen LogP contribution in [0.1, 0.15) is 17.8 Å². The van der Waals surface area contributed by atoms with Gasteiger partial charge < -0.3 is 20.9 Å². The number of aliphatic carboxylic acids is 1. The van der Waals surface area contributed by atoms with Gasteiger partial charge in [0.2, 0.25) is 5.91 Å². The highest BCUT2D eigenvalue weighted by Gasteiger charge is 2.55. The van der Waals surface area contributed by atoms with Gasteiger partial charge in [0.25, 0.3) is 5.91 Å². The first-order valence-electron chi connectivity index (χ1n) is 7.50. The second kappa shape index (κ2) is 7.09. The highest BCUT2D eigenvalue weighted by Crippen LogP contribution is 2.40. The fourth-order valence-corrected chi connectivity index (χ4v) is 4.66. The molecule has 9 nitrogen and oxygen atoms in total. The van der Waals surface area contributed by atoms with Crippen LogP contribution >= 0.6 is 23.1 Å². The molecule has 1 saturated heterocycles. The maximum Gasteiger partial charge on any atom is 0.356 e. The van der Waals surface area contributed by atoms with Crippen LogP contribution in [0.4, 0.5) is 0 Å². The fraction of sp³-hybridized carbons (Fsp3) is 0.333. The summed E-state index contributed by atoms with van der Waals surface area (Å²) >= 11 is 2.53. The quantitative estimate of drug-likeness (QED) is 0.466. The number of carbonyl (C=O) groups excluding carboxylic acids is 3. The third-order valence-electron chi connectivity index (χ3n) is 3.83. The van der Waals surface area contributed by atoms with Gasteiger partial charge in [0, 0.05) is 11.8 Å². The van der Waals surface area contributed by atoms with E-state index in [1.54, 1.807) is 17.5 Å². The molecule has 0 radical (unpaired) electrons. The summed E-state index contributed by atoms with van der Waals surface area (Å²) in [5.41, 5.74) is 5.51. The van der Waals surface area contributed by atoms with E-state index in [1.807, 2.05) is 0 Å². The van der Waals surface area contributed by atoms with Gasteiger partial charge in [0.15, 0.2) is 5.70 Å². The van der Waals surface area contributed by atoms with Crippen molar-refractivity contribution in [2.24, 2.45) is 5.73 Å². The first-order valence-corrected chi connectivity index (χ1v) is 9.43. The van der Waals surface area contributed by atoms with Crippen LogP contribution in [-0.4, -0.2) is 50.9 Å². The summed E-state index contributed by atoms with van der Waals surface area (Å²) in [6, 6.07) is 1.69. The van der Waals surface area contributed by atoms with Gasteiger partial charge in [0.1, 0.15) is 23.2 Å². The summed E-state index contributed by atoms with van der Waals surface area (Å²) in [7, 11) is 0. The molecule has 3 atom stereocenters. The maximum absolute atomic E-state index is 12.4. The average molecular weight is 397 g/mol. The van der Waals surface area contributed by atoms with Gasteiger partial charge in [-0.05, 0) is 11.4 Å². The Bertz CT molecular complexity index is 806. The Morgan fingerprint density at radius 1 is 1.46 bits per heavy atom. The van der Waals surface area contributed by atoms with Crippen molar-refractivity contribution in [3.63, 3.8) is 0 Å². The molecule has 2 unspecified atom stereocenters. The number of ether oxygens (including phenoxy) is 1. The number of rotatable bonds is 5. The zero-order chi connectivity index (χ0) is 19.0. The molecule has 3 rings (SSSR count). The van der Waals surface area contributed by atoms with E-state index in [1.165, 1.54) is 23.1 Å². The van der Waals surface area contributed by atoms with E-state index >= 15 is 0 Å². The largest absolute Gasteiger partial charge is 0.476 e. The van der Waals surface area contributed by atoms with Crippen LogP contribution in [0.5, 0.6) is 0 Å². The number of fused-ring (bicyclic) bond motifs is 1. The van der Waals surface area contributed by atoms with Crippen LogP contribution < -0.4 is 11.1 Å². The van der Waals surface area contributed by atoms with Crippen molar-refractivity contribution in [2.75, 3.05) is 5.75 Å². The lowest BCUT2D eigenvalue weighted by atomic mass is 10.0. The Kier molecular flexibility index (Phi) is 5.03. The van der Waals surface area contributed by atoms with Crippen molar-refractivity contribution in [3.8, 4) is 0 Å². The van der Waals surface area contributed by atoms with Crippen LogP contribution in [-0.2, 0) is 23.9 Å². The number of amides is 2. The highest BCUT2D eigenvalue weighted by atomic mass is 32.2. The Hall–Kier alpha value is -2.37. The van der Waals surface area contributed by atoms with E-state index in [4.69, 9.17) is 10.5 Å². The summed E-state index contributed by atoms with van der Waals surface area (Å²) in [4.78, 5) is 49.0. The zero-order valence-electron chi connectivity index (χ0n) is 13.5. The highest BCUT2D eigenvalue weighted by molar-refractivity contribution is 8.00. The van der Waals surface area contributed by atoms with E-state index in [0.717, 1.165) is 11.8 Å². The number of β-lactam (4-membered cyclic amide) rings is 1. The Morgan fingerprint density at radius 3 is 2.77 bits per heavy atom. The minimum atomic E-state index is -1.38. The van der Waals surface area contributed by atoms with E-state index in [0.29, 0.717) is 4.88 Å². The summed E-state index contributed by atoms with van der Waals surface area (Å²) in [6.45, 7) is 1.15. The van der Waals surface area contributed by atoms with Gasteiger partial charge in [-0.3, -0.25) is 19.3 Å².